The molecule has 1 aromatic rings. The Morgan fingerprint density at radius 3 is 2.65 bits per heavy atom. The monoisotopic (exact) mass is 338 g/mol. The molecule has 2 heterocycles. The summed E-state index contributed by atoms with van der Waals surface area (Å²) in [5, 5.41) is 10.2. The minimum Gasteiger partial charge on any atom is -0.479 e. The number of aromatic nitrogens is 1. The van der Waals surface area contributed by atoms with E-state index in [-0.39, 0.29) is 18.6 Å². The van der Waals surface area contributed by atoms with Crippen LogP contribution in [0.1, 0.15) is 58.9 Å². The molecular weight excluding hydrogens is 316 g/mol. The van der Waals surface area contributed by atoms with Crippen LogP contribution in [-0.4, -0.2) is 52.2 Å². The van der Waals surface area contributed by atoms with E-state index in [4.69, 9.17) is 9.84 Å². The highest BCUT2D eigenvalue weighted by atomic mass is 32.1. The first-order valence-corrected chi connectivity index (χ1v) is 8.92. The van der Waals surface area contributed by atoms with Crippen molar-refractivity contribution < 1.29 is 19.4 Å². The summed E-state index contributed by atoms with van der Waals surface area (Å²) < 4.78 is 5.38. The van der Waals surface area contributed by atoms with Crippen molar-refractivity contribution in [1.29, 1.82) is 0 Å². The SMILES string of the molecule is Cc1nc(C2CCCC2)sc1C(=O)N1CC(C(=O)O)O[C@H](C)C1. The molecule has 2 aliphatic rings. The lowest BCUT2D eigenvalue weighted by Crippen LogP contribution is -2.51. The van der Waals surface area contributed by atoms with Gasteiger partial charge in [-0.05, 0) is 26.7 Å². The Labute approximate surface area is 139 Å². The largest absolute Gasteiger partial charge is 0.479 e. The number of rotatable bonds is 3. The van der Waals surface area contributed by atoms with Crippen LogP contribution in [-0.2, 0) is 9.53 Å². The standard InChI is InChI=1S/C16H22N2O4S/c1-9-7-18(8-12(22-9)16(20)21)15(19)13-10(2)17-14(23-13)11-5-3-4-6-11/h9,11-12H,3-8H2,1-2H3,(H,20,21)/t9-,12?/m1/s1. The predicted octanol–water partition coefficient (Wildman–Crippen LogP) is 2.42. The van der Waals surface area contributed by atoms with E-state index < -0.39 is 12.1 Å². The maximum atomic E-state index is 12.8. The molecule has 1 aliphatic carbocycles. The fraction of sp³-hybridized carbons (Fsp3) is 0.688. The van der Waals surface area contributed by atoms with Crippen molar-refractivity contribution in [2.45, 2.75) is 57.7 Å². The normalized spacial score (nSPS) is 25.7. The molecule has 1 amide bonds. The second kappa shape index (κ2) is 6.57. The van der Waals surface area contributed by atoms with Gasteiger partial charge in [0.1, 0.15) is 4.88 Å². The van der Waals surface area contributed by atoms with Crippen molar-refractivity contribution >= 4 is 23.2 Å². The number of thiazole rings is 1. The van der Waals surface area contributed by atoms with Crippen molar-refractivity contribution in [1.82, 2.24) is 9.88 Å². The van der Waals surface area contributed by atoms with Gasteiger partial charge in [-0.1, -0.05) is 12.8 Å². The first-order valence-electron chi connectivity index (χ1n) is 8.10. The second-order valence-corrected chi connectivity index (χ2v) is 7.46. The molecule has 0 aromatic carbocycles. The fourth-order valence-electron chi connectivity index (χ4n) is 3.36. The van der Waals surface area contributed by atoms with E-state index in [1.54, 1.807) is 11.8 Å². The Bertz CT molecular complexity index is 609. The van der Waals surface area contributed by atoms with E-state index in [1.807, 2.05) is 6.92 Å². The molecule has 126 valence electrons. The number of hydrogen-bond donors (Lipinski definition) is 1. The van der Waals surface area contributed by atoms with Crippen molar-refractivity contribution in [2.75, 3.05) is 13.1 Å². The van der Waals surface area contributed by atoms with Gasteiger partial charge in [0.25, 0.3) is 5.91 Å². The first kappa shape index (κ1) is 16.4. The molecule has 1 N–H and O–H groups in total. The van der Waals surface area contributed by atoms with E-state index in [0.29, 0.717) is 17.3 Å². The lowest BCUT2D eigenvalue weighted by Gasteiger charge is -2.34. The molecule has 2 atom stereocenters. The van der Waals surface area contributed by atoms with Crippen LogP contribution in [0.5, 0.6) is 0 Å². The molecule has 1 unspecified atom stereocenters. The third-order valence-corrected chi connectivity index (χ3v) is 5.84. The molecule has 0 bridgehead atoms. The Morgan fingerprint density at radius 2 is 2.00 bits per heavy atom. The number of amides is 1. The van der Waals surface area contributed by atoms with Gasteiger partial charge in [0, 0.05) is 12.5 Å². The summed E-state index contributed by atoms with van der Waals surface area (Å²) in [5.74, 6) is -0.664. The highest BCUT2D eigenvalue weighted by Gasteiger charge is 2.34. The Kier molecular flexibility index (Phi) is 4.68. The number of aliphatic carboxylic acids is 1. The van der Waals surface area contributed by atoms with E-state index in [2.05, 4.69) is 4.98 Å². The number of carboxylic acids is 1. The van der Waals surface area contributed by atoms with Gasteiger partial charge in [-0.15, -0.1) is 11.3 Å². The van der Waals surface area contributed by atoms with Crippen molar-refractivity contribution in [3.63, 3.8) is 0 Å². The minimum atomic E-state index is -1.03. The Hall–Kier alpha value is -1.47. The van der Waals surface area contributed by atoms with Crippen LogP contribution in [0.2, 0.25) is 0 Å². The number of carbonyl (C=O) groups is 2. The van der Waals surface area contributed by atoms with E-state index in [9.17, 15) is 9.59 Å². The quantitative estimate of drug-likeness (QED) is 0.915. The van der Waals surface area contributed by atoms with Gasteiger partial charge in [0.15, 0.2) is 6.10 Å². The van der Waals surface area contributed by atoms with Crippen LogP contribution < -0.4 is 0 Å². The minimum absolute atomic E-state index is 0.0919. The van der Waals surface area contributed by atoms with Crippen LogP contribution in [0.4, 0.5) is 0 Å². The van der Waals surface area contributed by atoms with Crippen LogP contribution >= 0.6 is 11.3 Å². The highest BCUT2D eigenvalue weighted by molar-refractivity contribution is 7.13. The summed E-state index contributed by atoms with van der Waals surface area (Å²) in [7, 11) is 0. The molecule has 2 fully saturated rings. The fourth-order valence-corrected chi connectivity index (χ4v) is 4.56. The lowest BCUT2D eigenvalue weighted by atomic mass is 10.1. The van der Waals surface area contributed by atoms with E-state index in [0.717, 1.165) is 23.5 Å². The molecular formula is C16H22N2O4S. The molecule has 6 nitrogen and oxygen atoms in total. The van der Waals surface area contributed by atoms with Gasteiger partial charge in [-0.25, -0.2) is 9.78 Å². The van der Waals surface area contributed by atoms with Gasteiger partial charge in [-0.3, -0.25) is 4.79 Å². The first-order chi connectivity index (χ1) is 11.0. The topological polar surface area (TPSA) is 79.7 Å². The van der Waals surface area contributed by atoms with Gasteiger partial charge in [-0.2, -0.15) is 0 Å². The average Bonchev–Trinajstić information content (AvgIpc) is 3.15. The molecule has 1 saturated carbocycles. The van der Waals surface area contributed by atoms with Crippen LogP contribution in [0, 0.1) is 6.92 Å². The predicted molar refractivity (Wildman–Crippen MR) is 85.9 cm³/mol. The maximum Gasteiger partial charge on any atom is 0.334 e. The Balaban J connectivity index is 1.78. The maximum absolute atomic E-state index is 12.8. The third kappa shape index (κ3) is 3.40. The summed E-state index contributed by atoms with van der Waals surface area (Å²) in [6, 6.07) is 0. The van der Waals surface area contributed by atoms with Crippen LogP contribution in [0.25, 0.3) is 0 Å². The highest BCUT2D eigenvalue weighted by Crippen LogP contribution is 2.37. The number of nitrogens with zero attached hydrogens (tertiary/aromatic N) is 2. The van der Waals surface area contributed by atoms with Crippen molar-refractivity contribution in [2.24, 2.45) is 0 Å². The summed E-state index contributed by atoms with van der Waals surface area (Å²) in [5.41, 5.74) is 0.757. The van der Waals surface area contributed by atoms with Crippen molar-refractivity contribution in [3.8, 4) is 0 Å². The van der Waals surface area contributed by atoms with Gasteiger partial charge in [0.2, 0.25) is 0 Å². The molecule has 1 saturated heterocycles. The third-order valence-electron chi connectivity index (χ3n) is 4.53. The van der Waals surface area contributed by atoms with E-state index >= 15 is 0 Å². The molecule has 0 spiro atoms. The number of morpholine rings is 1. The zero-order chi connectivity index (χ0) is 16.6. The smallest absolute Gasteiger partial charge is 0.334 e. The summed E-state index contributed by atoms with van der Waals surface area (Å²) in [6.45, 7) is 4.16. The van der Waals surface area contributed by atoms with E-state index in [1.165, 1.54) is 24.2 Å². The summed E-state index contributed by atoms with van der Waals surface area (Å²) >= 11 is 1.48. The molecule has 23 heavy (non-hydrogen) atoms. The molecule has 3 rings (SSSR count). The summed E-state index contributed by atoms with van der Waals surface area (Å²) in [4.78, 5) is 30.8. The lowest BCUT2D eigenvalue weighted by molar-refractivity contribution is -0.160. The zero-order valence-electron chi connectivity index (χ0n) is 13.4. The Morgan fingerprint density at radius 1 is 1.30 bits per heavy atom. The molecule has 1 aromatic heterocycles. The van der Waals surface area contributed by atoms with Gasteiger partial charge >= 0.3 is 5.97 Å². The number of carboxylic acid groups (broad SMARTS) is 1. The molecule has 1 aliphatic heterocycles. The second-order valence-electron chi connectivity index (χ2n) is 6.43. The van der Waals surface area contributed by atoms with Crippen LogP contribution in [0.15, 0.2) is 0 Å². The average molecular weight is 338 g/mol. The molecule has 0 radical (unpaired) electrons. The number of aryl methyl sites for hydroxylation is 1. The van der Waals surface area contributed by atoms with Gasteiger partial charge in [0.05, 0.1) is 23.4 Å². The number of carbonyl (C=O) groups excluding carboxylic acids is 1. The molecule has 7 heteroatoms. The number of ether oxygens (including phenoxy) is 1. The van der Waals surface area contributed by atoms with Crippen LogP contribution in [0.3, 0.4) is 0 Å². The van der Waals surface area contributed by atoms with Crippen molar-refractivity contribution in [3.05, 3.63) is 15.6 Å². The zero-order valence-corrected chi connectivity index (χ0v) is 14.3. The number of hydrogen-bond acceptors (Lipinski definition) is 5. The summed E-state index contributed by atoms with van der Waals surface area (Å²) in [6.07, 6.45) is 3.52. The van der Waals surface area contributed by atoms with Gasteiger partial charge < -0.3 is 14.7 Å².